The Kier molecular flexibility index (Phi) is 3.86. The molecular weight excluding hydrogens is 431 g/mol. The Labute approximate surface area is 186 Å². The molecule has 0 unspecified atom stereocenters. The predicted molar refractivity (Wildman–Crippen MR) is 112 cm³/mol. The first-order chi connectivity index (χ1) is 15.8. The Morgan fingerprint density at radius 2 is 1.42 bits per heavy atom. The molecule has 2 bridgehead atoms. The lowest BCUT2D eigenvalue weighted by Gasteiger charge is -2.51. The third-order valence-electron chi connectivity index (χ3n) is 7.30. The highest BCUT2D eigenvalue weighted by Crippen LogP contribution is 2.63. The van der Waals surface area contributed by atoms with Gasteiger partial charge < -0.3 is 4.79 Å². The SMILES string of the molecule is O=CC12c3ccccc3C(c3ccccc31)[C@@H]1C(=O)N(c3cccc(C(F)(F)F)c3)C(=O)[C@H]12. The molecule has 2 amide bonds. The van der Waals surface area contributed by atoms with Gasteiger partial charge in [0.2, 0.25) is 11.8 Å². The monoisotopic (exact) mass is 447 g/mol. The second-order valence-electron chi connectivity index (χ2n) is 8.70. The summed E-state index contributed by atoms with van der Waals surface area (Å²) in [6, 6.07) is 18.7. The maximum absolute atomic E-state index is 13.8. The van der Waals surface area contributed by atoms with E-state index in [1.54, 1.807) is 24.3 Å². The zero-order chi connectivity index (χ0) is 23.1. The summed E-state index contributed by atoms with van der Waals surface area (Å²) in [5.74, 6) is -3.58. The van der Waals surface area contributed by atoms with Crippen LogP contribution < -0.4 is 4.90 Å². The molecule has 7 heteroatoms. The molecule has 1 aliphatic heterocycles. The van der Waals surface area contributed by atoms with Crippen LogP contribution in [0.5, 0.6) is 0 Å². The minimum absolute atomic E-state index is 0.136. The fraction of sp³-hybridized carbons (Fsp3) is 0.192. The molecule has 164 valence electrons. The second-order valence-corrected chi connectivity index (χ2v) is 8.70. The second kappa shape index (κ2) is 6.41. The van der Waals surface area contributed by atoms with Gasteiger partial charge in [0.05, 0.1) is 28.5 Å². The van der Waals surface area contributed by atoms with Crippen molar-refractivity contribution in [3.63, 3.8) is 0 Å². The van der Waals surface area contributed by atoms with Crippen LogP contribution in [0.2, 0.25) is 0 Å². The van der Waals surface area contributed by atoms with Crippen molar-refractivity contribution >= 4 is 23.8 Å². The lowest BCUT2D eigenvalue weighted by atomic mass is 9.48. The number of imide groups is 1. The first-order valence-corrected chi connectivity index (χ1v) is 10.5. The predicted octanol–water partition coefficient (Wildman–Crippen LogP) is 4.46. The number of nitrogens with zero attached hydrogens (tertiary/aromatic N) is 1. The van der Waals surface area contributed by atoms with Crippen LogP contribution in [0.4, 0.5) is 18.9 Å². The summed E-state index contributed by atoms with van der Waals surface area (Å²) < 4.78 is 40.0. The van der Waals surface area contributed by atoms with E-state index >= 15 is 0 Å². The van der Waals surface area contributed by atoms with E-state index in [1.165, 1.54) is 12.1 Å². The van der Waals surface area contributed by atoms with Crippen molar-refractivity contribution < 1.29 is 27.6 Å². The molecule has 0 saturated carbocycles. The average Bonchev–Trinajstić information content (AvgIpc) is 3.09. The van der Waals surface area contributed by atoms with Crippen LogP contribution in [0.3, 0.4) is 0 Å². The van der Waals surface area contributed by atoms with Crippen molar-refractivity contribution in [2.75, 3.05) is 4.90 Å². The molecule has 7 rings (SSSR count). The zero-order valence-electron chi connectivity index (χ0n) is 17.0. The average molecular weight is 447 g/mol. The van der Waals surface area contributed by atoms with Gasteiger partial charge in [0.15, 0.2) is 0 Å². The van der Waals surface area contributed by atoms with Gasteiger partial charge in [-0.05, 0) is 40.5 Å². The lowest BCUT2D eigenvalue weighted by molar-refractivity contribution is -0.137. The minimum atomic E-state index is -4.62. The van der Waals surface area contributed by atoms with E-state index in [0.717, 1.165) is 34.4 Å². The van der Waals surface area contributed by atoms with Gasteiger partial charge in [-0.3, -0.25) is 9.59 Å². The number of alkyl halides is 3. The van der Waals surface area contributed by atoms with E-state index in [2.05, 4.69) is 0 Å². The molecule has 3 aromatic carbocycles. The number of carbonyl (C=O) groups is 3. The van der Waals surface area contributed by atoms with Gasteiger partial charge in [-0.25, -0.2) is 4.90 Å². The van der Waals surface area contributed by atoms with Crippen molar-refractivity contribution in [3.05, 3.63) is 101 Å². The maximum atomic E-state index is 13.8. The van der Waals surface area contributed by atoms with Gasteiger partial charge in [0.1, 0.15) is 6.29 Å². The van der Waals surface area contributed by atoms with Gasteiger partial charge in [0, 0.05) is 5.92 Å². The summed E-state index contributed by atoms with van der Waals surface area (Å²) in [7, 11) is 0. The Morgan fingerprint density at radius 1 is 0.818 bits per heavy atom. The van der Waals surface area contributed by atoms with Crippen molar-refractivity contribution in [1.82, 2.24) is 0 Å². The number of aldehydes is 1. The Hall–Kier alpha value is -3.74. The number of benzene rings is 3. The molecule has 0 aromatic heterocycles. The Morgan fingerprint density at radius 3 is 2.00 bits per heavy atom. The number of rotatable bonds is 2. The summed E-state index contributed by atoms with van der Waals surface area (Å²) >= 11 is 0. The highest BCUT2D eigenvalue weighted by Gasteiger charge is 2.68. The maximum Gasteiger partial charge on any atom is 0.416 e. The molecule has 1 fully saturated rings. The van der Waals surface area contributed by atoms with Crippen LogP contribution in [0.1, 0.15) is 33.7 Å². The van der Waals surface area contributed by atoms with Crippen LogP contribution in [-0.2, 0) is 26.0 Å². The Balaban J connectivity index is 1.59. The van der Waals surface area contributed by atoms with Crippen LogP contribution in [0.25, 0.3) is 0 Å². The topological polar surface area (TPSA) is 54.5 Å². The summed E-state index contributed by atoms with van der Waals surface area (Å²) in [5.41, 5.74) is 0.496. The van der Waals surface area contributed by atoms with E-state index in [0.29, 0.717) is 11.1 Å². The molecule has 4 nitrogen and oxygen atoms in total. The van der Waals surface area contributed by atoms with Gasteiger partial charge in [0.25, 0.3) is 0 Å². The first-order valence-electron chi connectivity index (χ1n) is 10.5. The van der Waals surface area contributed by atoms with Crippen molar-refractivity contribution in [3.8, 4) is 0 Å². The number of hydrogen-bond acceptors (Lipinski definition) is 3. The molecule has 0 N–H and O–H groups in total. The molecule has 2 atom stereocenters. The van der Waals surface area contributed by atoms with E-state index in [-0.39, 0.29) is 5.69 Å². The number of amides is 2. The largest absolute Gasteiger partial charge is 0.416 e. The third-order valence-corrected chi connectivity index (χ3v) is 7.30. The van der Waals surface area contributed by atoms with Crippen LogP contribution in [-0.4, -0.2) is 18.1 Å². The van der Waals surface area contributed by atoms with E-state index < -0.39 is 46.7 Å². The number of carbonyl (C=O) groups excluding carboxylic acids is 3. The molecule has 1 heterocycles. The van der Waals surface area contributed by atoms with E-state index in [4.69, 9.17) is 0 Å². The zero-order valence-corrected chi connectivity index (χ0v) is 17.0. The summed E-state index contributed by atoms with van der Waals surface area (Å²) in [4.78, 5) is 41.1. The highest BCUT2D eigenvalue weighted by atomic mass is 19.4. The van der Waals surface area contributed by atoms with Crippen LogP contribution >= 0.6 is 0 Å². The van der Waals surface area contributed by atoms with Gasteiger partial charge in [-0.15, -0.1) is 0 Å². The molecule has 3 aliphatic carbocycles. The van der Waals surface area contributed by atoms with Crippen LogP contribution in [0.15, 0.2) is 72.8 Å². The van der Waals surface area contributed by atoms with Gasteiger partial charge in [-0.2, -0.15) is 13.2 Å². The van der Waals surface area contributed by atoms with Crippen molar-refractivity contribution in [2.45, 2.75) is 17.5 Å². The van der Waals surface area contributed by atoms with E-state index in [1.807, 2.05) is 24.3 Å². The fourth-order valence-corrected chi connectivity index (χ4v) is 6.11. The third kappa shape index (κ3) is 2.34. The summed E-state index contributed by atoms with van der Waals surface area (Å²) in [6.07, 6.45) is -3.89. The molecule has 0 spiro atoms. The van der Waals surface area contributed by atoms with E-state index in [9.17, 15) is 27.6 Å². The summed E-state index contributed by atoms with van der Waals surface area (Å²) in [6.45, 7) is 0. The Bertz CT molecular complexity index is 1320. The molecule has 4 aliphatic rings. The van der Waals surface area contributed by atoms with Crippen molar-refractivity contribution in [2.24, 2.45) is 11.8 Å². The standard InChI is InChI=1S/C26H16F3NO3/c27-26(28,29)14-6-5-7-15(12-14)30-23(32)21-20-16-8-1-3-10-18(16)25(13-31,22(21)24(30)33)19-11-4-2-9-17(19)20/h1-13,20-22H/t20?,21-,22-,25?/m0/s1. The van der Waals surface area contributed by atoms with Gasteiger partial charge >= 0.3 is 6.18 Å². The lowest BCUT2D eigenvalue weighted by Crippen LogP contribution is -2.54. The van der Waals surface area contributed by atoms with Crippen molar-refractivity contribution in [1.29, 1.82) is 0 Å². The minimum Gasteiger partial charge on any atom is -0.302 e. The molecule has 1 saturated heterocycles. The highest BCUT2D eigenvalue weighted by molar-refractivity contribution is 6.24. The molecule has 33 heavy (non-hydrogen) atoms. The fourth-order valence-electron chi connectivity index (χ4n) is 6.11. The molecule has 3 aromatic rings. The molecule has 0 radical (unpaired) electrons. The summed E-state index contributed by atoms with van der Waals surface area (Å²) in [5, 5.41) is 0. The first kappa shape index (κ1) is 19.9. The molecular formula is C26H16F3NO3. The number of hydrogen-bond donors (Lipinski definition) is 0. The van der Waals surface area contributed by atoms with Crippen LogP contribution in [0, 0.1) is 11.8 Å². The van der Waals surface area contributed by atoms with Gasteiger partial charge in [-0.1, -0.05) is 54.6 Å². The number of halogens is 3. The number of anilines is 1. The smallest absolute Gasteiger partial charge is 0.302 e. The quantitative estimate of drug-likeness (QED) is 0.431. The normalized spacial score (nSPS) is 27.2.